The van der Waals surface area contributed by atoms with E-state index in [9.17, 15) is 4.79 Å². The molecule has 0 aromatic heterocycles. The number of rotatable bonds is 6. The van der Waals surface area contributed by atoms with Crippen molar-refractivity contribution in [1.82, 2.24) is 10.6 Å². The average molecular weight is 437 g/mol. The van der Waals surface area contributed by atoms with Gasteiger partial charge in [0.2, 0.25) is 5.96 Å². The van der Waals surface area contributed by atoms with Gasteiger partial charge in [0, 0.05) is 0 Å². The molecule has 0 bridgehead atoms. The Bertz CT molecular complexity index is 997. The van der Waals surface area contributed by atoms with Crippen LogP contribution in [0.2, 0.25) is 0 Å². The van der Waals surface area contributed by atoms with Crippen molar-refractivity contribution in [3.05, 3.63) is 71.8 Å². The maximum absolute atomic E-state index is 13.1. The van der Waals surface area contributed by atoms with Crippen molar-refractivity contribution in [3.8, 4) is 0 Å². The first-order valence-corrected chi connectivity index (χ1v) is 10.8. The van der Waals surface area contributed by atoms with Crippen LogP contribution in [0.5, 0.6) is 0 Å². The lowest BCUT2D eigenvalue weighted by Crippen LogP contribution is -2.56. The highest BCUT2D eigenvalue weighted by atomic mass is 16.8. The van der Waals surface area contributed by atoms with Crippen LogP contribution < -0.4 is 10.6 Å². The molecule has 3 saturated heterocycles. The van der Waals surface area contributed by atoms with Gasteiger partial charge in [-0.3, -0.25) is 10.1 Å². The van der Waals surface area contributed by atoms with E-state index in [1.807, 2.05) is 74.5 Å². The van der Waals surface area contributed by atoms with Gasteiger partial charge in [-0.15, -0.1) is 0 Å². The SMILES string of the molecule is CC1(C)O[C@@H]2[C@@H](O1)[C@]1(NC(=NCc3ccccc3)NC1=O)O[C@@H]2COCc1ccccc1. The molecule has 168 valence electrons. The Morgan fingerprint density at radius 2 is 1.66 bits per heavy atom. The summed E-state index contributed by atoms with van der Waals surface area (Å²) in [6, 6.07) is 19.7. The molecule has 5 rings (SSSR count). The van der Waals surface area contributed by atoms with Crippen molar-refractivity contribution in [2.45, 2.75) is 56.8 Å². The Kier molecular flexibility index (Phi) is 5.46. The van der Waals surface area contributed by atoms with Gasteiger partial charge in [-0.1, -0.05) is 60.7 Å². The van der Waals surface area contributed by atoms with Gasteiger partial charge in [0.1, 0.15) is 18.3 Å². The van der Waals surface area contributed by atoms with Crippen LogP contribution in [-0.2, 0) is 36.9 Å². The molecule has 0 radical (unpaired) electrons. The molecule has 2 N–H and O–H groups in total. The molecular weight excluding hydrogens is 410 g/mol. The van der Waals surface area contributed by atoms with Gasteiger partial charge in [0.15, 0.2) is 5.79 Å². The number of carbonyl (C=O) groups is 1. The lowest BCUT2D eigenvalue weighted by molar-refractivity contribution is -0.214. The van der Waals surface area contributed by atoms with Crippen LogP contribution in [0.3, 0.4) is 0 Å². The molecule has 8 heteroatoms. The highest BCUT2D eigenvalue weighted by molar-refractivity contribution is 6.08. The molecule has 3 aliphatic rings. The first-order chi connectivity index (χ1) is 15.5. The third-order valence-electron chi connectivity index (χ3n) is 5.76. The largest absolute Gasteiger partial charge is 0.374 e. The van der Waals surface area contributed by atoms with Crippen LogP contribution in [0.15, 0.2) is 65.7 Å². The molecule has 1 spiro atoms. The van der Waals surface area contributed by atoms with E-state index in [2.05, 4.69) is 15.6 Å². The zero-order valence-corrected chi connectivity index (χ0v) is 18.1. The average Bonchev–Trinajstić information content (AvgIpc) is 3.38. The number of guanidine groups is 1. The Morgan fingerprint density at radius 3 is 2.38 bits per heavy atom. The summed E-state index contributed by atoms with van der Waals surface area (Å²) in [7, 11) is 0. The highest BCUT2D eigenvalue weighted by Gasteiger charge is 2.69. The first-order valence-electron chi connectivity index (χ1n) is 10.8. The molecule has 8 nitrogen and oxygen atoms in total. The number of nitrogens with zero attached hydrogens (tertiary/aromatic N) is 1. The maximum atomic E-state index is 13.1. The second kappa shape index (κ2) is 8.29. The van der Waals surface area contributed by atoms with Crippen molar-refractivity contribution >= 4 is 11.9 Å². The number of benzene rings is 2. The molecule has 0 unspecified atom stereocenters. The Hall–Kier alpha value is -2.78. The van der Waals surface area contributed by atoms with E-state index in [-0.39, 0.29) is 12.5 Å². The number of aliphatic imine (C=N–C) groups is 1. The number of fused-ring (bicyclic) bond motifs is 2. The second-order valence-corrected chi connectivity index (χ2v) is 8.64. The summed E-state index contributed by atoms with van der Waals surface area (Å²) in [5, 5.41) is 5.94. The van der Waals surface area contributed by atoms with Crippen LogP contribution >= 0.6 is 0 Å². The minimum atomic E-state index is -1.41. The minimum absolute atomic E-state index is 0.267. The standard InChI is InChI=1S/C24H27N3O5/c1-23(2)31-19-18(15-29-14-17-11-7-4-8-12-17)30-24(20(19)32-23)21(28)26-22(27-24)25-13-16-9-5-3-6-10-16/h3-12,18-20H,13-15H2,1-2H3,(H2,25,26,27,28)/t18-,19+,20-,24+/m1/s1. The van der Waals surface area contributed by atoms with Gasteiger partial charge < -0.3 is 24.3 Å². The lowest BCUT2D eigenvalue weighted by Gasteiger charge is -2.28. The molecule has 3 heterocycles. The second-order valence-electron chi connectivity index (χ2n) is 8.64. The van der Waals surface area contributed by atoms with Gasteiger partial charge in [0.25, 0.3) is 11.6 Å². The van der Waals surface area contributed by atoms with Crippen LogP contribution in [0.4, 0.5) is 0 Å². The van der Waals surface area contributed by atoms with E-state index in [4.69, 9.17) is 18.9 Å². The van der Waals surface area contributed by atoms with Gasteiger partial charge >= 0.3 is 0 Å². The summed E-state index contributed by atoms with van der Waals surface area (Å²) in [4.78, 5) is 17.6. The van der Waals surface area contributed by atoms with E-state index in [1.54, 1.807) is 0 Å². The molecule has 1 amide bonds. The molecule has 0 saturated carbocycles. The molecule has 32 heavy (non-hydrogen) atoms. The number of hydrogen-bond acceptors (Lipinski definition) is 6. The number of ether oxygens (including phenoxy) is 4. The molecule has 2 aromatic rings. The van der Waals surface area contributed by atoms with E-state index < -0.39 is 29.8 Å². The van der Waals surface area contributed by atoms with Crippen molar-refractivity contribution in [3.63, 3.8) is 0 Å². The fourth-order valence-electron chi connectivity index (χ4n) is 4.32. The van der Waals surface area contributed by atoms with Crippen molar-refractivity contribution in [1.29, 1.82) is 0 Å². The molecular formula is C24H27N3O5. The van der Waals surface area contributed by atoms with Gasteiger partial charge in [-0.05, 0) is 25.0 Å². The van der Waals surface area contributed by atoms with Crippen molar-refractivity contribution in [2.24, 2.45) is 4.99 Å². The highest BCUT2D eigenvalue weighted by Crippen LogP contribution is 2.44. The quantitative estimate of drug-likeness (QED) is 0.719. The van der Waals surface area contributed by atoms with Crippen LogP contribution in [0.25, 0.3) is 0 Å². The van der Waals surface area contributed by atoms with Gasteiger partial charge in [0.05, 0.1) is 19.8 Å². The van der Waals surface area contributed by atoms with Gasteiger partial charge in [-0.2, -0.15) is 0 Å². The van der Waals surface area contributed by atoms with E-state index in [1.165, 1.54) is 0 Å². The summed E-state index contributed by atoms with van der Waals surface area (Å²) in [6.07, 6.45) is -1.56. The van der Waals surface area contributed by atoms with E-state index in [0.29, 0.717) is 19.1 Å². The zero-order valence-electron chi connectivity index (χ0n) is 18.1. The van der Waals surface area contributed by atoms with Crippen molar-refractivity contribution in [2.75, 3.05) is 6.61 Å². The molecule has 3 aliphatic heterocycles. The summed E-state index contributed by atoms with van der Waals surface area (Å²) in [5.41, 5.74) is 0.693. The van der Waals surface area contributed by atoms with E-state index >= 15 is 0 Å². The predicted octanol–water partition coefficient (Wildman–Crippen LogP) is 2.09. The third kappa shape index (κ3) is 4.02. The van der Waals surface area contributed by atoms with Crippen molar-refractivity contribution < 1.29 is 23.7 Å². The number of nitrogens with one attached hydrogen (secondary N) is 2. The van der Waals surface area contributed by atoms with Crippen LogP contribution in [0.1, 0.15) is 25.0 Å². The summed E-state index contributed by atoms with van der Waals surface area (Å²) in [6.45, 7) is 4.80. The topological polar surface area (TPSA) is 90.4 Å². The normalized spacial score (nSPS) is 31.6. The molecule has 2 aromatic carbocycles. The fourth-order valence-corrected chi connectivity index (χ4v) is 4.32. The fraction of sp³-hybridized carbons (Fsp3) is 0.417. The maximum Gasteiger partial charge on any atom is 0.283 e. The Morgan fingerprint density at radius 1 is 0.969 bits per heavy atom. The number of amides is 1. The summed E-state index contributed by atoms with van der Waals surface area (Å²) >= 11 is 0. The Balaban J connectivity index is 1.31. The molecule has 3 fully saturated rings. The zero-order chi connectivity index (χ0) is 22.2. The smallest absolute Gasteiger partial charge is 0.283 e. The summed E-state index contributed by atoms with van der Waals surface area (Å²) in [5.74, 6) is -0.821. The first kappa shape index (κ1) is 21.1. The lowest BCUT2D eigenvalue weighted by atomic mass is 10.0. The molecule has 4 atom stereocenters. The summed E-state index contributed by atoms with van der Waals surface area (Å²) < 4.78 is 24.3. The van der Waals surface area contributed by atoms with Crippen LogP contribution in [-0.4, -0.2) is 48.3 Å². The number of carbonyl (C=O) groups excluding carboxylic acids is 1. The van der Waals surface area contributed by atoms with Crippen LogP contribution in [0, 0.1) is 0 Å². The molecule has 0 aliphatic carbocycles. The monoisotopic (exact) mass is 437 g/mol. The minimum Gasteiger partial charge on any atom is -0.374 e. The Labute approximate surface area is 186 Å². The number of hydrogen-bond donors (Lipinski definition) is 2. The predicted molar refractivity (Wildman–Crippen MR) is 116 cm³/mol. The van der Waals surface area contributed by atoms with Gasteiger partial charge in [-0.25, -0.2) is 4.99 Å². The van der Waals surface area contributed by atoms with E-state index in [0.717, 1.165) is 11.1 Å². The third-order valence-corrected chi connectivity index (χ3v) is 5.76.